The molecule has 6 aromatic rings. The lowest BCUT2D eigenvalue weighted by Gasteiger charge is -2.29. The van der Waals surface area contributed by atoms with E-state index in [0.717, 1.165) is 46.7 Å². The Hall–Kier alpha value is -8.82. The number of carboxylic acid groups (broad SMARTS) is 1. The molecule has 4 heterocycles. The van der Waals surface area contributed by atoms with Crippen LogP contribution in [0.3, 0.4) is 0 Å². The third-order valence-electron chi connectivity index (χ3n) is 16.7. The number of carbonyl (C=O) groups is 8. The van der Waals surface area contributed by atoms with Crippen molar-refractivity contribution < 1.29 is 80.0 Å². The number of hydrogen-bond donors (Lipinski definition) is 5. The average molecular weight is 1510 g/mol. The minimum atomic E-state index is -2.79. The van der Waals surface area contributed by atoms with Crippen molar-refractivity contribution in [2.24, 2.45) is 15.7 Å². The largest absolute Gasteiger partial charge is 0.478 e. The number of hydrogen-bond acceptors (Lipinski definition) is 17. The first-order valence-electron chi connectivity index (χ1n) is 33.2. The highest BCUT2D eigenvalue weighted by molar-refractivity contribution is 6.40. The quantitative estimate of drug-likeness (QED) is 0.0237. The molecule has 6 N–H and O–H groups in total. The summed E-state index contributed by atoms with van der Waals surface area (Å²) in [6, 6.07) is 35.9. The number of benzene rings is 6. The maximum absolute atomic E-state index is 13.5. The number of nitrogens with one attached hydrogen (secondary N) is 3. The van der Waals surface area contributed by atoms with Crippen LogP contribution in [0.15, 0.2) is 143 Å². The summed E-state index contributed by atoms with van der Waals surface area (Å²) < 4.78 is 74.7. The van der Waals surface area contributed by atoms with Gasteiger partial charge in [0.15, 0.2) is 11.6 Å². The number of carbonyl (C=O) groups excluding carboxylic acids is 7. The number of alkyl halides is 4. The summed E-state index contributed by atoms with van der Waals surface area (Å²) in [6.07, 6.45) is 0.507. The van der Waals surface area contributed by atoms with E-state index < -0.39 is 78.4 Å². The number of morpholine rings is 2. The molecule has 3 amide bonds. The van der Waals surface area contributed by atoms with Crippen molar-refractivity contribution in [3.05, 3.63) is 198 Å². The molecule has 0 unspecified atom stereocenters. The fourth-order valence-electron chi connectivity index (χ4n) is 11.0. The summed E-state index contributed by atoms with van der Waals surface area (Å²) in [7, 11) is 0. The van der Waals surface area contributed by atoms with E-state index >= 15 is 0 Å². The van der Waals surface area contributed by atoms with Gasteiger partial charge in [-0.3, -0.25) is 38.8 Å². The van der Waals surface area contributed by atoms with Crippen LogP contribution in [0, 0.1) is 0 Å². The zero-order chi connectivity index (χ0) is 74.1. The van der Waals surface area contributed by atoms with E-state index in [1.165, 1.54) is 0 Å². The number of aromatic carboxylic acids is 1. The van der Waals surface area contributed by atoms with Gasteiger partial charge in [0.1, 0.15) is 38.4 Å². The van der Waals surface area contributed by atoms with E-state index in [1.807, 2.05) is 41.3 Å². The lowest BCUT2D eigenvalue weighted by Crippen LogP contribution is -2.42. The van der Waals surface area contributed by atoms with Crippen molar-refractivity contribution in [2.75, 3.05) is 88.6 Å². The maximum Gasteiger partial charge on any atom is 0.338 e. The van der Waals surface area contributed by atoms with Crippen LogP contribution in [0.25, 0.3) is 0 Å². The Morgan fingerprint density at radius 1 is 0.524 bits per heavy atom. The summed E-state index contributed by atoms with van der Waals surface area (Å²) in [5.41, 5.74) is 12.4. The minimum Gasteiger partial charge on any atom is -0.478 e. The molecule has 4 aliphatic heterocycles. The number of rotatable bonds is 27. The summed E-state index contributed by atoms with van der Waals surface area (Å²) >= 11 is 24.9. The molecule has 103 heavy (non-hydrogen) atoms. The Labute approximate surface area is 612 Å². The molecule has 4 aliphatic rings. The molecule has 2 atom stereocenters. The number of nitrogens with zero attached hydrogens (tertiary/aromatic N) is 4. The number of nitrogens with two attached hydrogens (primary N) is 1. The maximum atomic E-state index is 13.5. The van der Waals surface area contributed by atoms with E-state index in [4.69, 9.17) is 76.2 Å². The van der Waals surface area contributed by atoms with Crippen LogP contribution in [0.1, 0.15) is 115 Å². The van der Waals surface area contributed by atoms with E-state index in [2.05, 4.69) is 30.8 Å². The lowest BCUT2D eigenvalue weighted by atomic mass is 9.98. The second-order valence-electron chi connectivity index (χ2n) is 24.6. The molecule has 0 radical (unpaired) electrons. The predicted molar refractivity (Wildman–Crippen MR) is 384 cm³/mol. The Morgan fingerprint density at radius 2 is 0.922 bits per heavy atom. The summed E-state index contributed by atoms with van der Waals surface area (Å²) in [6.45, 7) is 3.65. The molecule has 6 aromatic carbocycles. The predicted octanol–water partition coefficient (Wildman–Crippen LogP) is 11.6. The van der Waals surface area contributed by atoms with Gasteiger partial charge in [0.25, 0.3) is 29.6 Å². The number of esters is 2. The zero-order valence-electron chi connectivity index (χ0n) is 56.1. The van der Waals surface area contributed by atoms with Crippen LogP contribution in [0.5, 0.6) is 0 Å². The van der Waals surface area contributed by atoms with E-state index in [1.54, 1.807) is 97.1 Å². The van der Waals surface area contributed by atoms with Gasteiger partial charge in [-0.1, -0.05) is 131 Å². The molecule has 0 aromatic heterocycles. The highest BCUT2D eigenvalue weighted by atomic mass is 35.5. The lowest BCUT2D eigenvalue weighted by molar-refractivity contribution is -0.148. The fourth-order valence-corrected chi connectivity index (χ4v) is 12.3. The minimum absolute atomic E-state index is 0.0202. The fraction of sp³-hybridized carbons (Fsp3) is 0.378. The Kier molecular flexibility index (Phi) is 30.4. The van der Waals surface area contributed by atoms with Crippen LogP contribution < -0.4 is 31.5 Å². The molecular weight excluding hydrogens is 1430 g/mol. The standard InChI is InChI=1S/C37H38Cl2F2N4O6.C26H29F2N3O4.C11H11Cl2NO3/c38-30-19-28(45-13-15-50-16-14-45)20-31(39)33(30)35(48)44-32(36(49)51-22-24-5-2-1-3-6-24)10-9-29(46)21-42-34(47)26-8-4-7-25(17-26)18-27-11-12-37(40,41)23-43-27;27-26(28)12-11-21(31-17-26)14-19-7-4-8-20(13-19)24(33)30-15-22(32)9-10-23(29)25(34)35-16-18-5-2-1-3-6-18;12-8-5-7(14-1-3-17-4-2-14)6-9(13)10(8)11(15)16/h1-8,17,19-20,32H,9-16,18,21-23H2,(H,42,47)(H,44,48);1-8,13,23H,9-12,14-17,29H2,(H,30,33);5-6H,1-4H2,(H,15,16)/t32-;23-;/m00./s1. The molecule has 10 rings (SSSR count). The number of carboxylic acids is 1. The smallest absolute Gasteiger partial charge is 0.338 e. The van der Waals surface area contributed by atoms with E-state index in [-0.39, 0.29) is 115 Å². The van der Waals surface area contributed by atoms with Crippen LogP contribution in [-0.2, 0) is 64.2 Å². The zero-order valence-corrected chi connectivity index (χ0v) is 59.1. The van der Waals surface area contributed by atoms with Crippen molar-refractivity contribution in [3.63, 3.8) is 0 Å². The van der Waals surface area contributed by atoms with Crippen molar-refractivity contribution in [1.29, 1.82) is 0 Å². The second-order valence-corrected chi connectivity index (χ2v) is 26.3. The van der Waals surface area contributed by atoms with E-state index in [0.29, 0.717) is 74.9 Å². The molecule has 0 saturated carbocycles. The topological polar surface area (TPSA) is 287 Å². The highest BCUT2D eigenvalue weighted by Gasteiger charge is 2.34. The molecule has 548 valence electrons. The van der Waals surface area contributed by atoms with Crippen molar-refractivity contribution in [1.82, 2.24) is 16.0 Å². The third kappa shape index (κ3) is 25.8. The molecule has 2 saturated heterocycles. The van der Waals surface area contributed by atoms with Crippen LogP contribution in [0.4, 0.5) is 28.9 Å². The SMILES string of the molecule is N[C@@H](CCC(=O)CNC(=O)c1cccc(CC2=NCC(F)(F)CC2)c1)C(=O)OCc1ccccc1.O=C(CC[C@H](NC(=O)c1c(Cl)cc(N2CCOCC2)cc1Cl)C(=O)OCc1ccccc1)CNC(=O)c1cccc(CC2=NCC(F)(F)CC2)c1.O=C(O)c1c(Cl)cc(N2CCOCC2)cc1Cl. The molecule has 29 heteroatoms. The number of ether oxygens (including phenoxy) is 4. The summed E-state index contributed by atoms with van der Waals surface area (Å²) in [4.78, 5) is 112. The number of Topliss-reactive ketones (excluding diaryl/α,β-unsaturated/α-hetero) is 2. The monoisotopic (exact) mass is 1500 g/mol. The van der Waals surface area contributed by atoms with Crippen LogP contribution in [-0.4, -0.2) is 166 Å². The molecule has 21 nitrogen and oxygen atoms in total. The van der Waals surface area contributed by atoms with Crippen molar-refractivity contribution in [3.8, 4) is 0 Å². The highest BCUT2D eigenvalue weighted by Crippen LogP contribution is 2.34. The second kappa shape index (κ2) is 39.2. The van der Waals surface area contributed by atoms with Gasteiger partial charge in [0.05, 0.1) is 70.7 Å². The number of anilines is 2. The normalized spacial score (nSPS) is 15.9. The van der Waals surface area contributed by atoms with Gasteiger partial charge in [-0.2, -0.15) is 0 Å². The van der Waals surface area contributed by atoms with Gasteiger partial charge in [-0.05, 0) is 96.5 Å². The first-order valence-corrected chi connectivity index (χ1v) is 34.7. The molecular formula is C74H78Cl4F4N8O13. The Bertz CT molecular complexity index is 3990. The number of amides is 3. The van der Waals surface area contributed by atoms with Gasteiger partial charge < -0.3 is 55.5 Å². The molecule has 0 aliphatic carbocycles. The van der Waals surface area contributed by atoms with Crippen LogP contribution >= 0.6 is 46.4 Å². The molecule has 0 spiro atoms. The first-order chi connectivity index (χ1) is 49.3. The van der Waals surface area contributed by atoms with Gasteiger partial charge in [-0.15, -0.1) is 0 Å². The summed E-state index contributed by atoms with van der Waals surface area (Å²) in [5, 5.41) is 17.2. The third-order valence-corrected chi connectivity index (χ3v) is 17.9. The number of halogens is 8. The van der Waals surface area contributed by atoms with Gasteiger partial charge in [-0.25, -0.2) is 27.2 Å². The Balaban J connectivity index is 0.000000221. The van der Waals surface area contributed by atoms with Crippen LogP contribution in [0.2, 0.25) is 20.1 Å². The molecule has 2 fully saturated rings. The van der Waals surface area contributed by atoms with Gasteiger partial charge >= 0.3 is 17.9 Å². The van der Waals surface area contributed by atoms with E-state index in [9.17, 15) is 55.9 Å². The first kappa shape index (κ1) is 79.9. The van der Waals surface area contributed by atoms with Gasteiger partial charge in [0, 0.05) is 98.6 Å². The average Bonchev–Trinajstić information content (AvgIpc) is 0.826. The number of aliphatic imine (C=N–C) groups is 2. The molecule has 0 bridgehead atoms. The van der Waals surface area contributed by atoms with Crippen molar-refractivity contribution in [2.45, 2.75) is 101 Å². The van der Waals surface area contributed by atoms with Crippen molar-refractivity contribution >= 4 is 116 Å². The number of ketones is 2. The van der Waals surface area contributed by atoms with Gasteiger partial charge in [0.2, 0.25) is 0 Å². The summed E-state index contributed by atoms with van der Waals surface area (Å²) in [5.74, 6) is -10.3. The Morgan fingerprint density at radius 3 is 1.33 bits per heavy atom.